The topological polar surface area (TPSA) is 12.0 Å². The van der Waals surface area contributed by atoms with Crippen molar-refractivity contribution in [1.29, 1.82) is 0 Å². The van der Waals surface area contributed by atoms with Gasteiger partial charge in [-0.1, -0.05) is 39.7 Å². The quantitative estimate of drug-likeness (QED) is 0.653. The third kappa shape index (κ3) is 3.25. The lowest BCUT2D eigenvalue weighted by atomic mass is 10.2. The third-order valence-corrected chi connectivity index (χ3v) is 2.44. The summed E-state index contributed by atoms with van der Waals surface area (Å²) in [5.41, 5.74) is 0.794. The Morgan fingerprint density at radius 3 is 2.92 bits per heavy atom. The van der Waals surface area contributed by atoms with E-state index in [1.165, 1.54) is 6.07 Å². The lowest BCUT2D eigenvalue weighted by Crippen LogP contribution is -2.15. The average Bonchev–Trinajstić information content (AvgIpc) is 2.13. The van der Waals surface area contributed by atoms with Crippen molar-refractivity contribution in [2.24, 2.45) is 0 Å². The molecule has 4 heteroatoms. The molecule has 72 valence electrons. The standard InChI is InChI=1S/C9H10BrClFN/c10-4-5-13-6-7-2-1-3-8(12)9(7)11/h1-3,13H,4-6H2. The van der Waals surface area contributed by atoms with Crippen LogP contribution in [0.1, 0.15) is 5.56 Å². The zero-order valence-corrected chi connectivity index (χ0v) is 9.33. The first-order valence-corrected chi connectivity index (χ1v) is 5.45. The highest BCUT2D eigenvalue weighted by molar-refractivity contribution is 9.09. The van der Waals surface area contributed by atoms with E-state index in [0.29, 0.717) is 6.54 Å². The molecule has 1 aromatic carbocycles. The maximum atomic E-state index is 12.9. The van der Waals surface area contributed by atoms with E-state index >= 15 is 0 Å². The van der Waals surface area contributed by atoms with Crippen molar-refractivity contribution in [2.45, 2.75) is 6.54 Å². The molecule has 0 saturated heterocycles. The number of halogens is 3. The molecule has 0 radical (unpaired) electrons. The molecular formula is C9H10BrClFN. The first kappa shape index (κ1) is 11.0. The summed E-state index contributed by atoms with van der Waals surface area (Å²) in [5.74, 6) is -0.361. The fourth-order valence-electron chi connectivity index (χ4n) is 0.975. The van der Waals surface area contributed by atoms with Crippen molar-refractivity contribution in [3.8, 4) is 0 Å². The molecule has 0 fully saturated rings. The first-order valence-electron chi connectivity index (χ1n) is 3.95. The second-order valence-electron chi connectivity index (χ2n) is 2.58. The van der Waals surface area contributed by atoms with Gasteiger partial charge in [0.2, 0.25) is 0 Å². The SMILES string of the molecule is Fc1cccc(CNCCBr)c1Cl. The smallest absolute Gasteiger partial charge is 0.142 e. The van der Waals surface area contributed by atoms with Crippen molar-refractivity contribution < 1.29 is 4.39 Å². The molecule has 1 aromatic rings. The Labute approximate surface area is 90.4 Å². The van der Waals surface area contributed by atoms with Crippen molar-refractivity contribution in [1.82, 2.24) is 5.32 Å². The summed E-state index contributed by atoms with van der Waals surface area (Å²) in [4.78, 5) is 0. The molecule has 0 unspecified atom stereocenters. The molecular weight excluding hydrogens is 256 g/mol. The summed E-state index contributed by atoms with van der Waals surface area (Å²) in [7, 11) is 0. The minimum atomic E-state index is -0.361. The van der Waals surface area contributed by atoms with Crippen LogP contribution in [0.5, 0.6) is 0 Å². The second-order valence-corrected chi connectivity index (χ2v) is 3.75. The van der Waals surface area contributed by atoms with E-state index in [0.717, 1.165) is 17.4 Å². The third-order valence-electron chi connectivity index (χ3n) is 1.62. The number of hydrogen-bond donors (Lipinski definition) is 1. The predicted molar refractivity (Wildman–Crippen MR) is 56.9 cm³/mol. The highest BCUT2D eigenvalue weighted by Gasteiger charge is 2.03. The van der Waals surface area contributed by atoms with Gasteiger partial charge in [0.15, 0.2) is 0 Å². The van der Waals surface area contributed by atoms with E-state index < -0.39 is 0 Å². The van der Waals surface area contributed by atoms with E-state index in [-0.39, 0.29) is 10.8 Å². The van der Waals surface area contributed by atoms with Gasteiger partial charge in [-0.2, -0.15) is 0 Å². The van der Waals surface area contributed by atoms with Crippen LogP contribution in [0.25, 0.3) is 0 Å². The fraction of sp³-hybridized carbons (Fsp3) is 0.333. The van der Waals surface area contributed by atoms with Gasteiger partial charge in [0.05, 0.1) is 5.02 Å². The van der Waals surface area contributed by atoms with Gasteiger partial charge in [-0.15, -0.1) is 0 Å². The zero-order chi connectivity index (χ0) is 9.68. The van der Waals surface area contributed by atoms with Crippen LogP contribution in [0, 0.1) is 5.82 Å². The largest absolute Gasteiger partial charge is 0.312 e. The van der Waals surface area contributed by atoms with Gasteiger partial charge in [-0.25, -0.2) is 4.39 Å². The number of nitrogens with one attached hydrogen (secondary N) is 1. The van der Waals surface area contributed by atoms with Gasteiger partial charge in [-0.05, 0) is 11.6 Å². The number of hydrogen-bond acceptors (Lipinski definition) is 1. The van der Waals surface area contributed by atoms with E-state index in [9.17, 15) is 4.39 Å². The Kier molecular flexibility index (Phi) is 4.70. The molecule has 0 heterocycles. The molecule has 1 rings (SSSR count). The van der Waals surface area contributed by atoms with Crippen molar-refractivity contribution in [3.05, 3.63) is 34.6 Å². The highest BCUT2D eigenvalue weighted by Crippen LogP contribution is 2.19. The molecule has 0 bridgehead atoms. The molecule has 0 amide bonds. The predicted octanol–water partition coefficient (Wildman–Crippen LogP) is 2.96. The van der Waals surface area contributed by atoms with Crippen LogP contribution < -0.4 is 5.32 Å². The summed E-state index contributed by atoms with van der Waals surface area (Å²) in [6.07, 6.45) is 0. The van der Waals surface area contributed by atoms with Crippen molar-refractivity contribution in [3.63, 3.8) is 0 Å². The van der Waals surface area contributed by atoms with Crippen LogP contribution >= 0.6 is 27.5 Å². The highest BCUT2D eigenvalue weighted by atomic mass is 79.9. The van der Waals surface area contributed by atoms with Gasteiger partial charge in [0.25, 0.3) is 0 Å². The molecule has 0 saturated carbocycles. The number of alkyl halides is 1. The van der Waals surface area contributed by atoms with Crippen LogP contribution in [-0.4, -0.2) is 11.9 Å². The zero-order valence-electron chi connectivity index (χ0n) is 6.99. The molecule has 0 atom stereocenters. The van der Waals surface area contributed by atoms with E-state index in [1.54, 1.807) is 6.07 Å². The lowest BCUT2D eigenvalue weighted by molar-refractivity contribution is 0.622. The lowest BCUT2D eigenvalue weighted by Gasteiger charge is -2.05. The minimum absolute atomic E-state index is 0.213. The summed E-state index contributed by atoms with van der Waals surface area (Å²) in [6.45, 7) is 1.44. The molecule has 0 aromatic heterocycles. The molecule has 0 aliphatic rings. The minimum Gasteiger partial charge on any atom is -0.312 e. The van der Waals surface area contributed by atoms with E-state index in [4.69, 9.17) is 11.6 Å². The van der Waals surface area contributed by atoms with Crippen LogP contribution in [0.3, 0.4) is 0 Å². The number of rotatable bonds is 4. The Balaban J connectivity index is 2.61. The maximum Gasteiger partial charge on any atom is 0.142 e. The monoisotopic (exact) mass is 265 g/mol. The van der Waals surface area contributed by atoms with Crippen LogP contribution in [0.15, 0.2) is 18.2 Å². The maximum absolute atomic E-state index is 12.9. The Morgan fingerprint density at radius 1 is 1.46 bits per heavy atom. The molecule has 1 nitrogen and oxygen atoms in total. The average molecular weight is 267 g/mol. The molecule has 0 aliphatic heterocycles. The van der Waals surface area contributed by atoms with E-state index in [2.05, 4.69) is 21.2 Å². The van der Waals surface area contributed by atoms with Gasteiger partial charge in [-0.3, -0.25) is 0 Å². The van der Waals surface area contributed by atoms with E-state index in [1.807, 2.05) is 6.07 Å². The van der Waals surface area contributed by atoms with Crippen molar-refractivity contribution in [2.75, 3.05) is 11.9 Å². The Bertz CT molecular complexity index is 280. The van der Waals surface area contributed by atoms with Gasteiger partial charge >= 0.3 is 0 Å². The van der Waals surface area contributed by atoms with Gasteiger partial charge < -0.3 is 5.32 Å². The molecule has 13 heavy (non-hydrogen) atoms. The van der Waals surface area contributed by atoms with Crippen LogP contribution in [-0.2, 0) is 6.54 Å². The molecule has 1 N–H and O–H groups in total. The summed E-state index contributed by atoms with van der Waals surface area (Å²) < 4.78 is 12.9. The summed E-state index contributed by atoms with van der Waals surface area (Å²) >= 11 is 9.03. The second kappa shape index (κ2) is 5.58. The number of benzene rings is 1. The Hall–Kier alpha value is -0.120. The fourth-order valence-corrected chi connectivity index (χ4v) is 1.45. The Morgan fingerprint density at radius 2 is 2.23 bits per heavy atom. The first-order chi connectivity index (χ1) is 6.25. The summed E-state index contributed by atoms with van der Waals surface area (Å²) in [5, 5.41) is 4.21. The van der Waals surface area contributed by atoms with Gasteiger partial charge in [0.1, 0.15) is 5.82 Å². The molecule has 0 spiro atoms. The summed E-state index contributed by atoms with van der Waals surface area (Å²) in [6, 6.07) is 4.83. The van der Waals surface area contributed by atoms with Gasteiger partial charge in [0, 0.05) is 18.4 Å². The van der Waals surface area contributed by atoms with Crippen LogP contribution in [0.2, 0.25) is 5.02 Å². The van der Waals surface area contributed by atoms with Crippen molar-refractivity contribution >= 4 is 27.5 Å². The van der Waals surface area contributed by atoms with Crippen LogP contribution in [0.4, 0.5) is 4.39 Å². The molecule has 0 aliphatic carbocycles. The normalized spacial score (nSPS) is 10.4.